The molecular weight excluding hydrogens is 231 g/mol. The van der Waals surface area contributed by atoms with Gasteiger partial charge in [-0.15, -0.1) is 11.3 Å². The molecule has 2 rings (SSSR count). The van der Waals surface area contributed by atoms with Crippen molar-refractivity contribution >= 4 is 27.4 Å². The molecule has 0 N–H and O–H groups in total. The van der Waals surface area contributed by atoms with Crippen molar-refractivity contribution in [2.24, 2.45) is 0 Å². The topological polar surface area (TPSA) is 35.5 Å². The lowest BCUT2D eigenvalue weighted by molar-refractivity contribution is 0.0606. The number of hydrogen-bond donors (Lipinski definition) is 0. The number of thiophene rings is 1. The molecule has 3 nitrogen and oxygen atoms in total. The number of esters is 1. The normalized spacial score (nSPS) is 10.4. The molecule has 0 aliphatic carbocycles. The third-order valence-corrected chi connectivity index (χ3v) is 3.26. The van der Waals surface area contributed by atoms with Crippen LogP contribution in [0.3, 0.4) is 0 Å². The van der Waals surface area contributed by atoms with Crippen LogP contribution in [-0.2, 0) is 4.74 Å². The van der Waals surface area contributed by atoms with Gasteiger partial charge in [0.05, 0.1) is 14.2 Å². The fourth-order valence-electron chi connectivity index (χ4n) is 1.40. The minimum absolute atomic E-state index is 0.168. The zero-order valence-corrected chi connectivity index (χ0v) is 9.56. The van der Waals surface area contributed by atoms with Crippen molar-refractivity contribution in [3.63, 3.8) is 0 Å². The molecule has 0 unspecified atom stereocenters. The van der Waals surface area contributed by atoms with Gasteiger partial charge in [0.25, 0.3) is 0 Å². The van der Waals surface area contributed by atoms with Crippen molar-refractivity contribution in [3.05, 3.63) is 28.9 Å². The summed E-state index contributed by atoms with van der Waals surface area (Å²) in [5.74, 6) is -0.685. The minimum atomic E-state index is -0.437. The number of carbonyl (C=O) groups excluding carboxylic acids is 1. The van der Waals surface area contributed by atoms with E-state index in [0.717, 1.165) is 5.39 Å². The van der Waals surface area contributed by atoms with Crippen LogP contribution in [0.25, 0.3) is 10.1 Å². The molecule has 16 heavy (non-hydrogen) atoms. The van der Waals surface area contributed by atoms with Gasteiger partial charge in [-0.1, -0.05) is 0 Å². The molecule has 0 spiro atoms. The molecule has 1 heterocycles. The van der Waals surface area contributed by atoms with Crippen LogP contribution >= 0.6 is 11.3 Å². The van der Waals surface area contributed by atoms with E-state index in [9.17, 15) is 9.18 Å². The SMILES string of the molecule is COC(=O)c1cc2cc(OC)c(F)cc2s1. The first-order chi connectivity index (χ1) is 7.65. The van der Waals surface area contributed by atoms with Crippen LogP contribution in [0.15, 0.2) is 18.2 Å². The predicted molar refractivity (Wildman–Crippen MR) is 59.7 cm³/mol. The molecule has 84 valence electrons. The van der Waals surface area contributed by atoms with E-state index in [-0.39, 0.29) is 5.75 Å². The van der Waals surface area contributed by atoms with Crippen molar-refractivity contribution in [2.75, 3.05) is 14.2 Å². The van der Waals surface area contributed by atoms with Crippen molar-refractivity contribution in [2.45, 2.75) is 0 Å². The van der Waals surface area contributed by atoms with Crippen molar-refractivity contribution < 1.29 is 18.7 Å². The number of halogens is 1. The second-order valence-electron chi connectivity index (χ2n) is 3.13. The summed E-state index contributed by atoms with van der Waals surface area (Å²) in [5.41, 5.74) is 0. The van der Waals surface area contributed by atoms with Crippen LogP contribution in [0, 0.1) is 5.82 Å². The van der Waals surface area contributed by atoms with Crippen molar-refractivity contribution in [3.8, 4) is 5.75 Å². The molecule has 0 aliphatic rings. The van der Waals surface area contributed by atoms with E-state index in [1.807, 2.05) is 0 Å². The summed E-state index contributed by atoms with van der Waals surface area (Å²) in [6.45, 7) is 0. The molecular formula is C11H9FO3S. The summed E-state index contributed by atoms with van der Waals surface area (Å²) in [4.78, 5) is 11.7. The molecule has 0 saturated carbocycles. The Bertz CT molecular complexity index is 547. The Hall–Kier alpha value is -1.62. The quantitative estimate of drug-likeness (QED) is 0.757. The number of hydrogen-bond acceptors (Lipinski definition) is 4. The smallest absolute Gasteiger partial charge is 0.348 e. The lowest BCUT2D eigenvalue weighted by Gasteiger charge is -2.00. The first-order valence-electron chi connectivity index (χ1n) is 4.51. The zero-order chi connectivity index (χ0) is 11.7. The van der Waals surface area contributed by atoms with E-state index in [0.29, 0.717) is 9.58 Å². The van der Waals surface area contributed by atoms with Crippen molar-refractivity contribution in [1.82, 2.24) is 0 Å². The van der Waals surface area contributed by atoms with Gasteiger partial charge in [-0.05, 0) is 23.6 Å². The fourth-order valence-corrected chi connectivity index (χ4v) is 2.39. The van der Waals surface area contributed by atoms with Gasteiger partial charge >= 0.3 is 5.97 Å². The van der Waals surface area contributed by atoms with E-state index in [4.69, 9.17) is 4.74 Å². The number of fused-ring (bicyclic) bond motifs is 1. The molecule has 0 bridgehead atoms. The Morgan fingerprint density at radius 1 is 1.31 bits per heavy atom. The van der Waals surface area contributed by atoms with Crippen LogP contribution < -0.4 is 4.74 Å². The molecule has 0 aliphatic heterocycles. The highest BCUT2D eigenvalue weighted by atomic mass is 32.1. The number of rotatable bonds is 2. The molecule has 1 aromatic carbocycles. The zero-order valence-electron chi connectivity index (χ0n) is 8.74. The average molecular weight is 240 g/mol. The van der Waals surface area contributed by atoms with Crippen LogP contribution in [0.2, 0.25) is 0 Å². The van der Waals surface area contributed by atoms with Gasteiger partial charge in [-0.3, -0.25) is 0 Å². The number of benzene rings is 1. The van der Waals surface area contributed by atoms with Gasteiger partial charge < -0.3 is 9.47 Å². The van der Waals surface area contributed by atoms with Crippen LogP contribution in [-0.4, -0.2) is 20.2 Å². The molecule has 0 atom stereocenters. The van der Waals surface area contributed by atoms with Gasteiger partial charge in [0.1, 0.15) is 4.88 Å². The van der Waals surface area contributed by atoms with Crippen LogP contribution in [0.1, 0.15) is 9.67 Å². The standard InChI is InChI=1S/C11H9FO3S/c1-14-8-3-6-4-10(11(13)15-2)16-9(6)5-7(8)12/h3-5H,1-2H3. The Kier molecular flexibility index (Phi) is 2.78. The maximum absolute atomic E-state index is 13.4. The number of ether oxygens (including phenoxy) is 2. The lowest BCUT2D eigenvalue weighted by Crippen LogP contribution is -1.96. The molecule has 1 aromatic heterocycles. The molecule has 0 fully saturated rings. The van der Waals surface area contributed by atoms with Crippen LogP contribution in [0.4, 0.5) is 4.39 Å². The van der Waals surface area contributed by atoms with Crippen LogP contribution in [0.5, 0.6) is 5.75 Å². The number of carbonyl (C=O) groups is 1. The predicted octanol–water partition coefficient (Wildman–Crippen LogP) is 2.84. The summed E-state index contributed by atoms with van der Waals surface area (Å²) in [5, 5.41) is 0.767. The van der Waals surface area contributed by atoms with Gasteiger partial charge in [-0.2, -0.15) is 0 Å². The summed E-state index contributed by atoms with van der Waals surface area (Å²) in [6.07, 6.45) is 0. The lowest BCUT2D eigenvalue weighted by atomic mass is 10.2. The highest BCUT2D eigenvalue weighted by Crippen LogP contribution is 2.31. The molecule has 5 heteroatoms. The third kappa shape index (κ3) is 1.74. The van der Waals surface area contributed by atoms with Gasteiger partial charge in [0, 0.05) is 4.70 Å². The summed E-state index contributed by atoms with van der Waals surface area (Å²) >= 11 is 1.19. The summed E-state index contributed by atoms with van der Waals surface area (Å²) in [6, 6.07) is 4.58. The van der Waals surface area contributed by atoms with E-state index in [1.165, 1.54) is 31.6 Å². The summed E-state index contributed by atoms with van der Waals surface area (Å²) < 4.78 is 23.5. The Balaban J connectivity index is 2.58. The van der Waals surface area contributed by atoms with Gasteiger partial charge in [0.2, 0.25) is 0 Å². The van der Waals surface area contributed by atoms with E-state index in [2.05, 4.69) is 4.74 Å². The van der Waals surface area contributed by atoms with E-state index in [1.54, 1.807) is 12.1 Å². The highest BCUT2D eigenvalue weighted by molar-refractivity contribution is 7.20. The molecule has 2 aromatic rings. The van der Waals surface area contributed by atoms with Gasteiger partial charge in [-0.25, -0.2) is 9.18 Å². The first kappa shape index (κ1) is 10.9. The van der Waals surface area contributed by atoms with Crippen molar-refractivity contribution in [1.29, 1.82) is 0 Å². The number of methoxy groups -OCH3 is 2. The first-order valence-corrected chi connectivity index (χ1v) is 5.32. The summed E-state index contributed by atoms with van der Waals surface area (Å²) in [7, 11) is 2.71. The molecule has 0 amide bonds. The maximum atomic E-state index is 13.4. The Morgan fingerprint density at radius 2 is 2.06 bits per heavy atom. The molecule has 0 saturated heterocycles. The van der Waals surface area contributed by atoms with E-state index >= 15 is 0 Å². The Labute approximate surface area is 95.4 Å². The Morgan fingerprint density at radius 3 is 2.69 bits per heavy atom. The minimum Gasteiger partial charge on any atom is -0.494 e. The highest BCUT2D eigenvalue weighted by Gasteiger charge is 2.13. The monoisotopic (exact) mass is 240 g/mol. The fraction of sp³-hybridized carbons (Fsp3) is 0.182. The largest absolute Gasteiger partial charge is 0.494 e. The third-order valence-electron chi connectivity index (χ3n) is 2.18. The second kappa shape index (κ2) is 4.09. The molecule has 0 radical (unpaired) electrons. The van der Waals surface area contributed by atoms with Gasteiger partial charge in [0.15, 0.2) is 11.6 Å². The van der Waals surface area contributed by atoms with E-state index < -0.39 is 11.8 Å². The second-order valence-corrected chi connectivity index (χ2v) is 4.21. The maximum Gasteiger partial charge on any atom is 0.348 e. The average Bonchev–Trinajstić information content (AvgIpc) is 2.69.